The van der Waals surface area contributed by atoms with Gasteiger partial charge in [0.25, 0.3) is 0 Å². The van der Waals surface area contributed by atoms with Crippen molar-refractivity contribution < 1.29 is 4.79 Å². The molecular weight excluding hydrogens is 502 g/mol. The van der Waals surface area contributed by atoms with E-state index in [9.17, 15) is 4.79 Å². The van der Waals surface area contributed by atoms with Crippen LogP contribution in [-0.4, -0.2) is 5.78 Å². The fourth-order valence-electron chi connectivity index (χ4n) is 2.90. The number of hydrogen-bond donors (Lipinski definition) is 1. The standard InChI is InChI=1S/C13H11BrO.C10H8BrN.ClH/c1-9(15)6-10-2-3-12-8-13(14)5-4-11(12)7-10;11-9-3-1-8-6-10(12)4-2-7(8)5-9;/h2-5,7-8H,6H2,1H3;1-6H,12H2;1H. The highest BCUT2D eigenvalue weighted by Crippen LogP contribution is 2.22. The number of nitrogen functional groups attached to an aromatic ring is 1. The van der Waals surface area contributed by atoms with Crippen LogP contribution in [0.4, 0.5) is 5.69 Å². The lowest BCUT2D eigenvalue weighted by molar-refractivity contribution is -0.116. The summed E-state index contributed by atoms with van der Waals surface area (Å²) in [5.74, 6) is 0.200. The van der Waals surface area contributed by atoms with Gasteiger partial charge in [-0.1, -0.05) is 68.3 Å². The van der Waals surface area contributed by atoms with Crippen LogP contribution < -0.4 is 5.73 Å². The molecule has 0 saturated carbocycles. The van der Waals surface area contributed by atoms with Gasteiger partial charge >= 0.3 is 0 Å². The minimum absolute atomic E-state index is 0. The van der Waals surface area contributed by atoms with Crippen molar-refractivity contribution in [1.29, 1.82) is 0 Å². The summed E-state index contributed by atoms with van der Waals surface area (Å²) < 4.78 is 2.18. The largest absolute Gasteiger partial charge is 0.399 e. The molecule has 0 aliphatic rings. The number of hydrogen-bond acceptors (Lipinski definition) is 2. The summed E-state index contributed by atoms with van der Waals surface area (Å²) >= 11 is 6.86. The zero-order valence-electron chi connectivity index (χ0n) is 15.3. The van der Waals surface area contributed by atoms with Crippen molar-refractivity contribution in [2.45, 2.75) is 13.3 Å². The summed E-state index contributed by atoms with van der Waals surface area (Å²) in [6.45, 7) is 1.62. The van der Waals surface area contributed by atoms with Gasteiger partial charge < -0.3 is 5.73 Å². The second-order valence-corrected chi connectivity index (χ2v) is 8.29. The zero-order chi connectivity index (χ0) is 19.4. The Kier molecular flexibility index (Phi) is 8.05. The molecule has 28 heavy (non-hydrogen) atoms. The average molecular weight is 522 g/mol. The number of nitrogens with two attached hydrogens (primary N) is 1. The predicted molar refractivity (Wildman–Crippen MR) is 129 cm³/mol. The smallest absolute Gasteiger partial charge is 0.134 e. The van der Waals surface area contributed by atoms with Crippen LogP contribution in [0.15, 0.2) is 81.7 Å². The van der Waals surface area contributed by atoms with E-state index in [0.717, 1.165) is 20.2 Å². The molecule has 0 amide bonds. The number of carbonyl (C=O) groups excluding carboxylic acids is 1. The molecule has 0 fully saturated rings. The molecule has 5 heteroatoms. The molecule has 4 rings (SSSR count). The van der Waals surface area contributed by atoms with Crippen LogP contribution in [0.5, 0.6) is 0 Å². The third-order valence-electron chi connectivity index (χ3n) is 4.15. The number of benzene rings is 4. The maximum atomic E-state index is 11.0. The van der Waals surface area contributed by atoms with Gasteiger partial charge in [0, 0.05) is 21.1 Å². The molecule has 0 aliphatic carbocycles. The second-order valence-electron chi connectivity index (χ2n) is 6.46. The van der Waals surface area contributed by atoms with Crippen molar-refractivity contribution in [3.05, 3.63) is 87.3 Å². The lowest BCUT2D eigenvalue weighted by atomic mass is 10.0. The third kappa shape index (κ3) is 6.06. The molecule has 0 heterocycles. The van der Waals surface area contributed by atoms with Gasteiger partial charge in [-0.3, -0.25) is 4.79 Å². The van der Waals surface area contributed by atoms with Gasteiger partial charge in [-0.05, 0) is 70.4 Å². The van der Waals surface area contributed by atoms with Crippen molar-refractivity contribution in [2.24, 2.45) is 0 Å². The van der Waals surface area contributed by atoms with Crippen molar-refractivity contribution in [2.75, 3.05) is 5.73 Å². The maximum Gasteiger partial charge on any atom is 0.134 e. The van der Waals surface area contributed by atoms with Gasteiger partial charge in [-0.2, -0.15) is 0 Å². The van der Waals surface area contributed by atoms with Crippen LogP contribution >= 0.6 is 44.3 Å². The fourth-order valence-corrected chi connectivity index (χ4v) is 3.66. The molecular formula is C23H20Br2ClNO. The normalized spacial score (nSPS) is 10.1. The average Bonchev–Trinajstić information content (AvgIpc) is 2.62. The molecule has 0 saturated heterocycles. The van der Waals surface area contributed by atoms with E-state index in [1.807, 2.05) is 36.4 Å². The van der Waals surface area contributed by atoms with E-state index >= 15 is 0 Å². The second kappa shape index (κ2) is 10.1. The number of rotatable bonds is 2. The topological polar surface area (TPSA) is 43.1 Å². The molecule has 0 atom stereocenters. The first kappa shape index (κ1) is 22.4. The quantitative estimate of drug-likeness (QED) is 0.281. The van der Waals surface area contributed by atoms with E-state index in [0.29, 0.717) is 6.42 Å². The Morgan fingerprint density at radius 3 is 1.79 bits per heavy atom. The van der Waals surface area contributed by atoms with E-state index in [1.54, 1.807) is 6.92 Å². The van der Waals surface area contributed by atoms with Crippen LogP contribution in [-0.2, 0) is 11.2 Å². The van der Waals surface area contributed by atoms with Gasteiger partial charge in [0.2, 0.25) is 0 Å². The van der Waals surface area contributed by atoms with Crippen molar-refractivity contribution in [1.82, 2.24) is 0 Å². The van der Waals surface area contributed by atoms with Crippen LogP contribution in [0.2, 0.25) is 0 Å². The first-order valence-corrected chi connectivity index (χ1v) is 10.1. The lowest BCUT2D eigenvalue weighted by Gasteiger charge is -2.02. The van der Waals surface area contributed by atoms with Crippen LogP contribution in [0, 0.1) is 0 Å². The third-order valence-corrected chi connectivity index (χ3v) is 5.13. The number of anilines is 1. The summed E-state index contributed by atoms with van der Waals surface area (Å²) in [6.07, 6.45) is 0.520. The Morgan fingerprint density at radius 2 is 1.21 bits per heavy atom. The molecule has 0 radical (unpaired) electrons. The summed E-state index contributed by atoms with van der Waals surface area (Å²) in [7, 11) is 0. The Hall–Kier alpha value is -1.88. The molecule has 0 bridgehead atoms. The molecule has 2 nitrogen and oxygen atoms in total. The summed E-state index contributed by atoms with van der Waals surface area (Å²) in [5, 5.41) is 4.76. The highest BCUT2D eigenvalue weighted by Gasteiger charge is 2.00. The molecule has 4 aromatic rings. The van der Waals surface area contributed by atoms with Gasteiger partial charge in [-0.25, -0.2) is 0 Å². The molecule has 4 aromatic carbocycles. The highest BCUT2D eigenvalue weighted by atomic mass is 79.9. The van der Waals surface area contributed by atoms with Gasteiger partial charge in [-0.15, -0.1) is 12.4 Å². The first-order valence-electron chi connectivity index (χ1n) is 8.53. The molecule has 0 unspecified atom stereocenters. The van der Waals surface area contributed by atoms with Crippen molar-refractivity contribution >= 4 is 77.3 Å². The SMILES string of the molecule is CC(=O)Cc1ccc2cc(Br)ccc2c1.Cl.Nc1ccc2cc(Br)ccc2c1. The van der Waals surface area contributed by atoms with Gasteiger partial charge in [0.05, 0.1) is 0 Å². The lowest BCUT2D eigenvalue weighted by Crippen LogP contribution is -1.95. The Balaban J connectivity index is 0.000000198. The monoisotopic (exact) mass is 519 g/mol. The number of fused-ring (bicyclic) bond motifs is 2. The molecule has 2 N–H and O–H groups in total. The molecule has 0 spiro atoms. The van der Waals surface area contributed by atoms with E-state index < -0.39 is 0 Å². The number of carbonyl (C=O) groups is 1. The number of ketones is 1. The fraction of sp³-hybridized carbons (Fsp3) is 0.0870. The minimum atomic E-state index is 0. The molecule has 0 aliphatic heterocycles. The van der Waals surface area contributed by atoms with Gasteiger partial charge in [0.15, 0.2) is 0 Å². The number of halogens is 3. The summed E-state index contributed by atoms with van der Waals surface area (Å²) in [5.41, 5.74) is 7.54. The van der Waals surface area contributed by atoms with Crippen LogP contribution in [0.25, 0.3) is 21.5 Å². The van der Waals surface area contributed by atoms with E-state index in [-0.39, 0.29) is 18.2 Å². The predicted octanol–water partition coefficient (Wildman–Crippen LogP) is 7.34. The number of Topliss-reactive ketones (excluding diaryl/α,β-unsaturated/α-hetero) is 1. The molecule has 0 aromatic heterocycles. The van der Waals surface area contributed by atoms with E-state index in [1.165, 1.54) is 21.5 Å². The molecule has 144 valence electrons. The summed E-state index contributed by atoms with van der Waals surface area (Å²) in [4.78, 5) is 11.0. The van der Waals surface area contributed by atoms with E-state index in [2.05, 4.69) is 68.3 Å². The Bertz CT molecular complexity index is 1090. The Labute approximate surface area is 187 Å². The summed E-state index contributed by atoms with van der Waals surface area (Å²) in [6, 6.07) is 24.3. The van der Waals surface area contributed by atoms with Crippen molar-refractivity contribution in [3.63, 3.8) is 0 Å². The minimum Gasteiger partial charge on any atom is -0.399 e. The van der Waals surface area contributed by atoms with E-state index in [4.69, 9.17) is 5.73 Å². The Morgan fingerprint density at radius 1 is 0.750 bits per heavy atom. The van der Waals surface area contributed by atoms with Crippen molar-refractivity contribution in [3.8, 4) is 0 Å². The maximum absolute atomic E-state index is 11.0. The highest BCUT2D eigenvalue weighted by molar-refractivity contribution is 9.10. The first-order chi connectivity index (χ1) is 12.9. The van der Waals surface area contributed by atoms with Gasteiger partial charge in [0.1, 0.15) is 5.78 Å². The van der Waals surface area contributed by atoms with Crippen LogP contribution in [0.3, 0.4) is 0 Å². The zero-order valence-corrected chi connectivity index (χ0v) is 19.3. The van der Waals surface area contributed by atoms with Crippen LogP contribution in [0.1, 0.15) is 12.5 Å².